The molecule has 0 atom stereocenters. The molecule has 2 N–H and O–H groups in total. The van der Waals surface area contributed by atoms with Crippen LogP contribution < -0.4 is 5.90 Å². The lowest BCUT2D eigenvalue weighted by atomic mass is 13.5. The van der Waals surface area contributed by atoms with Crippen LogP contribution in [0.4, 0.5) is 0 Å². The predicted molar refractivity (Wildman–Crippen MR) is 16.4 cm³/mol. The van der Waals surface area contributed by atoms with Gasteiger partial charge < -0.3 is 0 Å². The van der Waals surface area contributed by atoms with Crippen molar-refractivity contribution in [2.24, 2.45) is 5.90 Å². The topological polar surface area (TPSA) is 53.7 Å². The van der Waals surface area contributed by atoms with Crippen LogP contribution in [0.5, 0.6) is 0 Å². The Morgan fingerprint density at radius 3 is 2.20 bits per heavy atom. The summed E-state index contributed by atoms with van der Waals surface area (Å²) in [5.74, 6) is 4.24. The Hall–Kier alpha value is 0.190. The number of hydrogen-bond donors (Lipinski definition) is 2. The SMILES string of the molecule is NOOOS. The second-order valence-electron chi connectivity index (χ2n) is 0.239. The van der Waals surface area contributed by atoms with Gasteiger partial charge in [-0.1, -0.05) is 0 Å². The van der Waals surface area contributed by atoms with Crippen LogP contribution in [-0.4, -0.2) is 0 Å². The van der Waals surface area contributed by atoms with E-state index < -0.39 is 0 Å². The average molecular weight is 97.1 g/mol. The normalized spacial score (nSPS) is 8.40. The third-order valence-electron chi connectivity index (χ3n) is 0.0697. The molecule has 0 aliphatic heterocycles. The minimum Gasteiger partial charge on any atom is -0.180 e. The first kappa shape index (κ1) is 5.19. The first-order valence-electron chi connectivity index (χ1n) is 0.752. The van der Waals surface area contributed by atoms with Crippen molar-refractivity contribution < 1.29 is 14.4 Å². The van der Waals surface area contributed by atoms with Crippen molar-refractivity contribution in [3.8, 4) is 0 Å². The quantitative estimate of drug-likeness (QED) is 0.213. The van der Waals surface area contributed by atoms with E-state index >= 15 is 0 Å². The zero-order valence-corrected chi connectivity index (χ0v) is 3.14. The van der Waals surface area contributed by atoms with E-state index in [1.54, 1.807) is 0 Å². The molecule has 0 bridgehead atoms. The Kier molecular flexibility index (Phi) is 4.35. The molecule has 0 aromatic rings. The first-order valence-corrected chi connectivity index (χ1v) is 1.12. The van der Waals surface area contributed by atoms with Gasteiger partial charge >= 0.3 is 0 Å². The van der Waals surface area contributed by atoms with Crippen LogP contribution in [0.3, 0.4) is 0 Å². The molecule has 0 heterocycles. The second kappa shape index (κ2) is 4.19. The molecule has 0 saturated heterocycles. The lowest BCUT2D eigenvalue weighted by Gasteiger charge is -1.82. The number of rotatable bonds is 2. The summed E-state index contributed by atoms with van der Waals surface area (Å²) in [6.45, 7) is 0. The third-order valence-corrected chi connectivity index (χ3v) is 0.131. The molecular formula is H3NO3S. The molecule has 0 aromatic carbocycles. The Morgan fingerprint density at radius 1 is 1.60 bits per heavy atom. The van der Waals surface area contributed by atoms with Gasteiger partial charge in [-0.25, -0.2) is 0 Å². The molecule has 0 saturated carbocycles. The molecule has 0 aliphatic carbocycles. The van der Waals surface area contributed by atoms with E-state index in [4.69, 9.17) is 0 Å². The van der Waals surface area contributed by atoms with Crippen molar-refractivity contribution in [2.45, 2.75) is 0 Å². The van der Waals surface area contributed by atoms with E-state index in [0.29, 0.717) is 0 Å². The highest BCUT2D eigenvalue weighted by molar-refractivity contribution is 7.74. The van der Waals surface area contributed by atoms with Gasteiger partial charge in [-0.05, 0) is 5.04 Å². The zero-order chi connectivity index (χ0) is 4.12. The van der Waals surface area contributed by atoms with E-state index in [2.05, 4.69) is 33.2 Å². The molecule has 0 aromatic heterocycles. The minimum absolute atomic E-state index is 3.07. The van der Waals surface area contributed by atoms with Gasteiger partial charge in [0, 0.05) is 12.9 Å². The summed E-state index contributed by atoms with van der Waals surface area (Å²) in [4.78, 5) is 3.39. The molecule has 5 heteroatoms. The van der Waals surface area contributed by atoms with Crippen LogP contribution in [0.1, 0.15) is 0 Å². The van der Waals surface area contributed by atoms with E-state index in [1.807, 2.05) is 0 Å². The summed E-state index contributed by atoms with van der Waals surface area (Å²) in [7, 11) is 0. The third kappa shape index (κ3) is 4.19. The highest BCUT2D eigenvalue weighted by Gasteiger charge is 1.65. The fourth-order valence-corrected chi connectivity index (χ4v) is 0.0527. The first-order chi connectivity index (χ1) is 2.41. The van der Waals surface area contributed by atoms with Crippen LogP contribution in [0, 0.1) is 0 Å². The van der Waals surface area contributed by atoms with Gasteiger partial charge in [0.05, 0.1) is 0 Å². The number of hydrogen-bond acceptors (Lipinski definition) is 5. The fourth-order valence-electron chi connectivity index (χ4n) is 0.0176. The maximum absolute atomic E-state index is 4.24. The summed E-state index contributed by atoms with van der Waals surface area (Å²) in [6.07, 6.45) is 0. The van der Waals surface area contributed by atoms with Crippen molar-refractivity contribution in [3.05, 3.63) is 0 Å². The summed E-state index contributed by atoms with van der Waals surface area (Å²) in [5.41, 5.74) is 0. The smallest absolute Gasteiger partial charge is 0.0181 e. The number of nitrogens with two attached hydrogens (primary N) is 1. The van der Waals surface area contributed by atoms with Crippen LogP contribution >= 0.6 is 12.9 Å². The summed E-state index contributed by atoms with van der Waals surface area (Å²) < 4.78 is 3.54. The molecule has 4 nitrogen and oxygen atoms in total. The van der Waals surface area contributed by atoms with E-state index in [-0.39, 0.29) is 0 Å². The molecule has 5 heavy (non-hydrogen) atoms. The fraction of sp³-hybridized carbons (Fsp3) is 0. The van der Waals surface area contributed by atoms with Crippen LogP contribution in [-0.2, 0) is 14.4 Å². The lowest BCUT2D eigenvalue weighted by molar-refractivity contribution is -0.463. The van der Waals surface area contributed by atoms with Crippen molar-refractivity contribution in [2.75, 3.05) is 0 Å². The minimum atomic E-state index is 3.07. The zero-order valence-electron chi connectivity index (χ0n) is 2.25. The van der Waals surface area contributed by atoms with Gasteiger partial charge in [0.2, 0.25) is 0 Å². The second-order valence-corrected chi connectivity index (χ2v) is 0.388. The molecular weight excluding hydrogens is 94.1 g/mol. The molecule has 0 unspecified atom stereocenters. The van der Waals surface area contributed by atoms with Crippen molar-refractivity contribution in [1.82, 2.24) is 0 Å². The summed E-state index contributed by atoms with van der Waals surface area (Å²) in [5, 5.41) is 3.48. The molecule has 0 rings (SSSR count). The van der Waals surface area contributed by atoms with E-state index in [0.717, 1.165) is 0 Å². The van der Waals surface area contributed by atoms with Gasteiger partial charge in [0.1, 0.15) is 0 Å². The molecule has 32 valence electrons. The molecule has 0 spiro atoms. The maximum Gasteiger partial charge on any atom is 0.0181 e. The maximum atomic E-state index is 4.24. The Bertz CT molecular complexity index is 14.4. The Balaban J connectivity index is 2.19. The molecule has 0 aliphatic rings. The van der Waals surface area contributed by atoms with Crippen molar-refractivity contribution in [3.63, 3.8) is 0 Å². The average Bonchev–Trinajstić information content (AvgIpc) is 1.41. The molecule has 0 amide bonds. The van der Waals surface area contributed by atoms with E-state index in [9.17, 15) is 0 Å². The van der Waals surface area contributed by atoms with Gasteiger partial charge in [-0.3, -0.25) is 0 Å². The predicted octanol–water partition coefficient (Wildman–Crippen LogP) is -0.415. The monoisotopic (exact) mass is 97.0 g/mol. The molecule has 0 radical (unpaired) electrons. The van der Waals surface area contributed by atoms with E-state index in [1.165, 1.54) is 0 Å². The van der Waals surface area contributed by atoms with Gasteiger partial charge in [0.25, 0.3) is 0 Å². The van der Waals surface area contributed by atoms with Crippen molar-refractivity contribution >= 4 is 12.9 Å². The summed E-state index contributed by atoms with van der Waals surface area (Å²) in [6, 6.07) is 0. The van der Waals surface area contributed by atoms with Crippen molar-refractivity contribution in [1.29, 1.82) is 0 Å². The standard InChI is InChI=1S/H3NO3S/c1-2-3-4-5/h5H,1H2. The molecule has 0 fully saturated rings. The largest absolute Gasteiger partial charge is 0.180 e. The Labute approximate surface area is 34.2 Å². The van der Waals surface area contributed by atoms with Crippen LogP contribution in [0.15, 0.2) is 0 Å². The number of thiol groups is 1. The van der Waals surface area contributed by atoms with Crippen LogP contribution in [0.2, 0.25) is 0 Å². The Morgan fingerprint density at radius 2 is 2.20 bits per heavy atom. The lowest BCUT2D eigenvalue weighted by Crippen LogP contribution is -1.95. The highest BCUT2D eigenvalue weighted by atomic mass is 32.1. The highest BCUT2D eigenvalue weighted by Crippen LogP contribution is 1.74. The van der Waals surface area contributed by atoms with Gasteiger partial charge in [0.15, 0.2) is 0 Å². The van der Waals surface area contributed by atoms with Crippen LogP contribution in [0.25, 0.3) is 0 Å². The summed E-state index contributed by atoms with van der Waals surface area (Å²) >= 11 is 3.07. The van der Waals surface area contributed by atoms with Gasteiger partial charge in [-0.15, -0.1) is 9.32 Å². The van der Waals surface area contributed by atoms with Gasteiger partial charge in [-0.2, -0.15) is 5.90 Å².